The molecular formula is C20H18FN5O4S2. The summed E-state index contributed by atoms with van der Waals surface area (Å²) in [5.41, 5.74) is 0.969. The second kappa shape index (κ2) is 9.61. The van der Waals surface area contributed by atoms with E-state index >= 15 is 0 Å². The highest BCUT2D eigenvalue weighted by Gasteiger charge is 2.26. The van der Waals surface area contributed by atoms with Crippen molar-refractivity contribution in [2.75, 3.05) is 31.6 Å². The molecule has 1 aliphatic rings. The van der Waals surface area contributed by atoms with E-state index in [1.807, 2.05) is 0 Å². The number of nitrogens with one attached hydrogen (secondary N) is 1. The van der Waals surface area contributed by atoms with Crippen molar-refractivity contribution >= 4 is 43.7 Å². The minimum absolute atomic E-state index is 0.115. The van der Waals surface area contributed by atoms with Gasteiger partial charge >= 0.3 is 0 Å². The Morgan fingerprint density at radius 1 is 1.09 bits per heavy atom. The van der Waals surface area contributed by atoms with Crippen LogP contribution in [0.2, 0.25) is 0 Å². The second-order valence-electron chi connectivity index (χ2n) is 6.69. The number of halogens is 1. The molecule has 1 fully saturated rings. The third kappa shape index (κ3) is 5.22. The predicted octanol–water partition coefficient (Wildman–Crippen LogP) is 2.70. The van der Waals surface area contributed by atoms with E-state index < -0.39 is 15.9 Å². The molecule has 9 nitrogen and oxygen atoms in total. The number of benzene rings is 2. The van der Waals surface area contributed by atoms with Crippen LogP contribution in [0.5, 0.6) is 0 Å². The van der Waals surface area contributed by atoms with Gasteiger partial charge in [-0.3, -0.25) is 10.1 Å². The highest BCUT2D eigenvalue weighted by Crippen LogP contribution is 2.24. The van der Waals surface area contributed by atoms with Gasteiger partial charge in [-0.05, 0) is 42.0 Å². The molecule has 32 heavy (non-hydrogen) atoms. The maximum atomic E-state index is 12.9. The Morgan fingerprint density at radius 2 is 1.78 bits per heavy atom. The van der Waals surface area contributed by atoms with Gasteiger partial charge < -0.3 is 4.74 Å². The molecular weight excluding hydrogens is 457 g/mol. The number of hydrogen-bond acceptors (Lipinski definition) is 8. The van der Waals surface area contributed by atoms with Crippen molar-refractivity contribution in [2.45, 2.75) is 4.90 Å². The number of amides is 1. The average molecular weight is 476 g/mol. The van der Waals surface area contributed by atoms with Gasteiger partial charge in [0.2, 0.25) is 20.3 Å². The van der Waals surface area contributed by atoms with E-state index in [-0.39, 0.29) is 21.4 Å². The van der Waals surface area contributed by atoms with E-state index in [1.165, 1.54) is 46.9 Å². The Balaban J connectivity index is 1.39. The van der Waals surface area contributed by atoms with E-state index in [2.05, 4.69) is 20.5 Å². The zero-order valence-electron chi connectivity index (χ0n) is 16.6. The van der Waals surface area contributed by atoms with Crippen LogP contribution >= 0.6 is 11.3 Å². The Kier molecular flexibility index (Phi) is 6.65. The largest absolute Gasteiger partial charge is 0.379 e. The van der Waals surface area contributed by atoms with Gasteiger partial charge in [0.05, 0.1) is 18.1 Å². The van der Waals surface area contributed by atoms with Gasteiger partial charge in [0, 0.05) is 24.9 Å². The van der Waals surface area contributed by atoms with Crippen LogP contribution in [0.25, 0.3) is 0 Å². The number of rotatable bonds is 6. The Morgan fingerprint density at radius 3 is 2.47 bits per heavy atom. The smallest absolute Gasteiger partial charge is 0.257 e. The molecule has 12 heteroatoms. The Hall–Kier alpha value is -3.06. The van der Waals surface area contributed by atoms with E-state index in [4.69, 9.17) is 4.74 Å². The van der Waals surface area contributed by atoms with Gasteiger partial charge in [-0.25, -0.2) is 17.8 Å². The molecule has 0 radical (unpaired) electrons. The highest BCUT2D eigenvalue weighted by atomic mass is 32.2. The Bertz CT molecular complexity index is 1220. The van der Waals surface area contributed by atoms with E-state index in [0.29, 0.717) is 37.0 Å². The van der Waals surface area contributed by atoms with Crippen LogP contribution in [0.1, 0.15) is 15.9 Å². The molecule has 0 saturated carbocycles. The molecule has 2 heterocycles. The number of carbonyl (C=O) groups excluding carboxylic acids is 1. The van der Waals surface area contributed by atoms with Crippen LogP contribution in [-0.2, 0) is 14.8 Å². The van der Waals surface area contributed by atoms with Crippen LogP contribution in [0, 0.1) is 5.82 Å². The molecule has 1 aliphatic heterocycles. The summed E-state index contributed by atoms with van der Waals surface area (Å²) in [4.78, 5) is 16.7. The van der Waals surface area contributed by atoms with E-state index in [1.54, 1.807) is 12.1 Å². The number of nitrogens with zero attached hydrogens (tertiary/aromatic N) is 4. The first-order valence-electron chi connectivity index (χ1n) is 9.54. The van der Waals surface area contributed by atoms with Gasteiger partial charge in [-0.1, -0.05) is 23.5 Å². The summed E-state index contributed by atoms with van der Waals surface area (Å²) in [5.74, 6) is -0.791. The highest BCUT2D eigenvalue weighted by molar-refractivity contribution is 7.89. The first kappa shape index (κ1) is 22.1. The quantitative estimate of drug-likeness (QED) is 0.549. The second-order valence-corrected chi connectivity index (χ2v) is 9.59. The maximum absolute atomic E-state index is 12.9. The molecule has 0 spiro atoms. The lowest BCUT2D eigenvalue weighted by atomic mass is 10.2. The summed E-state index contributed by atoms with van der Waals surface area (Å²) < 4.78 is 44.8. The minimum atomic E-state index is -3.63. The number of sulfonamides is 1. The van der Waals surface area contributed by atoms with Crippen molar-refractivity contribution in [1.82, 2.24) is 14.5 Å². The number of hydrogen-bond donors (Lipinski definition) is 1. The molecule has 0 bridgehead atoms. The number of morpholine rings is 1. The predicted molar refractivity (Wildman–Crippen MR) is 118 cm³/mol. The van der Waals surface area contributed by atoms with Crippen LogP contribution in [-0.4, -0.2) is 61.3 Å². The molecule has 166 valence electrons. The molecule has 0 atom stereocenters. The topological polar surface area (TPSA) is 114 Å². The number of ether oxygens (including phenoxy) is 1. The molecule has 0 aliphatic carbocycles. The normalized spacial score (nSPS) is 15.2. The summed E-state index contributed by atoms with van der Waals surface area (Å²) in [5, 5.41) is 10.9. The summed E-state index contributed by atoms with van der Waals surface area (Å²) in [6.45, 7) is 1.32. The van der Waals surface area contributed by atoms with Gasteiger partial charge in [-0.15, -0.1) is 10.2 Å². The third-order valence-corrected chi connectivity index (χ3v) is 7.21. The van der Waals surface area contributed by atoms with Crippen molar-refractivity contribution < 1.29 is 22.3 Å². The maximum Gasteiger partial charge on any atom is 0.257 e. The summed E-state index contributed by atoms with van der Waals surface area (Å²) in [6, 6.07) is 11.5. The lowest BCUT2D eigenvalue weighted by molar-refractivity contribution is 0.0730. The number of carbonyl (C=O) groups is 1. The molecule has 1 amide bonds. The number of anilines is 1. The van der Waals surface area contributed by atoms with Gasteiger partial charge in [0.15, 0.2) is 0 Å². The fraction of sp³-hybridized carbons (Fsp3) is 0.200. The number of aliphatic imine (C=N–C) groups is 1. The summed E-state index contributed by atoms with van der Waals surface area (Å²) in [6.07, 6.45) is 1.51. The first-order chi connectivity index (χ1) is 15.4. The average Bonchev–Trinajstić information content (AvgIpc) is 3.26. The zero-order valence-corrected chi connectivity index (χ0v) is 18.3. The first-order valence-corrected chi connectivity index (χ1v) is 11.8. The zero-order chi connectivity index (χ0) is 22.6. The Labute approximate surface area is 187 Å². The number of aromatic nitrogens is 2. The van der Waals surface area contributed by atoms with Crippen molar-refractivity contribution in [1.29, 1.82) is 0 Å². The fourth-order valence-corrected chi connectivity index (χ4v) is 4.87. The molecule has 4 rings (SSSR count). The van der Waals surface area contributed by atoms with Crippen LogP contribution in [0.3, 0.4) is 0 Å². The van der Waals surface area contributed by atoms with Crippen molar-refractivity contribution in [3.05, 3.63) is 65.5 Å². The summed E-state index contributed by atoms with van der Waals surface area (Å²) >= 11 is 1.06. The molecule has 1 saturated heterocycles. The van der Waals surface area contributed by atoms with E-state index in [0.717, 1.165) is 11.3 Å². The van der Waals surface area contributed by atoms with Crippen LogP contribution < -0.4 is 5.32 Å². The minimum Gasteiger partial charge on any atom is -0.379 e. The van der Waals surface area contributed by atoms with Crippen LogP contribution in [0.15, 0.2) is 58.4 Å². The lowest BCUT2D eigenvalue weighted by Crippen LogP contribution is -2.40. The van der Waals surface area contributed by atoms with Gasteiger partial charge in [-0.2, -0.15) is 4.31 Å². The third-order valence-electron chi connectivity index (χ3n) is 4.55. The van der Waals surface area contributed by atoms with Gasteiger partial charge in [0.1, 0.15) is 5.82 Å². The van der Waals surface area contributed by atoms with Crippen molar-refractivity contribution in [3.8, 4) is 0 Å². The fourth-order valence-electron chi connectivity index (χ4n) is 2.88. The summed E-state index contributed by atoms with van der Waals surface area (Å²) in [7, 11) is -3.63. The standard InChI is InChI=1S/C20H18FN5O4S2/c21-16-5-1-14(2-6-16)13-22-19-24-25-20(31-19)23-18(27)15-3-7-17(8-4-15)32(28,29)26-9-11-30-12-10-26/h1-8,13H,9-12H2,(H,23,25,27)/b22-13+. The SMILES string of the molecule is O=C(Nc1nnc(/N=C/c2ccc(F)cc2)s1)c1ccc(S(=O)(=O)N2CCOCC2)cc1. The molecule has 3 aromatic rings. The molecule has 0 unspecified atom stereocenters. The van der Waals surface area contributed by atoms with Gasteiger partial charge in [0.25, 0.3) is 5.91 Å². The molecule has 1 N–H and O–H groups in total. The van der Waals surface area contributed by atoms with E-state index in [9.17, 15) is 17.6 Å². The van der Waals surface area contributed by atoms with Crippen molar-refractivity contribution in [2.24, 2.45) is 4.99 Å². The molecule has 2 aromatic carbocycles. The van der Waals surface area contributed by atoms with Crippen LogP contribution in [0.4, 0.5) is 14.7 Å². The monoisotopic (exact) mass is 475 g/mol. The lowest BCUT2D eigenvalue weighted by Gasteiger charge is -2.26. The van der Waals surface area contributed by atoms with Crippen molar-refractivity contribution in [3.63, 3.8) is 0 Å². The molecule has 1 aromatic heterocycles.